The number of nitrogens with two attached hydrogens (primary N) is 2. The molecule has 0 saturated heterocycles. The Labute approximate surface area is 114 Å². The van der Waals surface area contributed by atoms with Crippen molar-refractivity contribution in [3.05, 3.63) is 42.0 Å². The fourth-order valence-electron chi connectivity index (χ4n) is 1.89. The first-order chi connectivity index (χ1) is 9.63. The summed E-state index contributed by atoms with van der Waals surface area (Å²) >= 11 is 0. The number of nitrogen functional groups attached to an aromatic ring is 1. The summed E-state index contributed by atoms with van der Waals surface area (Å²) in [5.41, 5.74) is 11.7. The third-order valence-corrected chi connectivity index (χ3v) is 2.84. The molecule has 0 fully saturated rings. The maximum absolute atomic E-state index is 11.4. The van der Waals surface area contributed by atoms with Gasteiger partial charge in [-0.25, -0.2) is 0 Å². The van der Waals surface area contributed by atoms with Crippen LogP contribution in [0.2, 0.25) is 0 Å². The van der Waals surface area contributed by atoms with Crippen molar-refractivity contribution in [3.8, 4) is 23.0 Å². The molecule has 0 spiro atoms. The van der Waals surface area contributed by atoms with Crippen LogP contribution < -0.4 is 25.7 Å². The van der Waals surface area contributed by atoms with Gasteiger partial charge in [-0.1, -0.05) is 0 Å². The number of hydrogen-bond donors (Lipinski definition) is 2. The van der Waals surface area contributed by atoms with Gasteiger partial charge in [0.05, 0.1) is 5.56 Å². The summed E-state index contributed by atoms with van der Waals surface area (Å²) in [6.45, 7) is 0.184. The van der Waals surface area contributed by atoms with Crippen LogP contribution in [0.4, 0.5) is 5.69 Å². The average molecular weight is 272 g/mol. The Hall–Kier alpha value is -2.89. The molecular formula is C14H12N2O4. The van der Waals surface area contributed by atoms with Gasteiger partial charge in [0, 0.05) is 17.8 Å². The Balaban J connectivity index is 1.95. The van der Waals surface area contributed by atoms with Gasteiger partial charge in [0.15, 0.2) is 11.5 Å². The van der Waals surface area contributed by atoms with Crippen molar-refractivity contribution in [3.63, 3.8) is 0 Å². The molecular weight excluding hydrogens is 260 g/mol. The van der Waals surface area contributed by atoms with E-state index >= 15 is 0 Å². The first kappa shape index (κ1) is 12.2. The zero-order chi connectivity index (χ0) is 14.1. The van der Waals surface area contributed by atoms with E-state index in [0.29, 0.717) is 28.7 Å². The van der Waals surface area contributed by atoms with E-state index < -0.39 is 5.91 Å². The molecule has 0 unspecified atom stereocenters. The van der Waals surface area contributed by atoms with Crippen molar-refractivity contribution in [2.75, 3.05) is 12.5 Å². The van der Waals surface area contributed by atoms with Gasteiger partial charge in [0.25, 0.3) is 5.91 Å². The summed E-state index contributed by atoms with van der Waals surface area (Å²) < 4.78 is 16.1. The molecule has 0 atom stereocenters. The van der Waals surface area contributed by atoms with E-state index in [1.807, 2.05) is 0 Å². The second kappa shape index (κ2) is 4.65. The van der Waals surface area contributed by atoms with Crippen LogP contribution in [0.15, 0.2) is 36.4 Å². The van der Waals surface area contributed by atoms with Crippen molar-refractivity contribution >= 4 is 11.6 Å². The molecule has 0 saturated carbocycles. The minimum absolute atomic E-state index is 0.184. The van der Waals surface area contributed by atoms with Gasteiger partial charge in [-0.15, -0.1) is 0 Å². The van der Waals surface area contributed by atoms with E-state index in [-0.39, 0.29) is 12.4 Å². The molecule has 3 rings (SSSR count). The number of rotatable bonds is 3. The summed E-state index contributed by atoms with van der Waals surface area (Å²) in [6, 6.07) is 9.78. The molecule has 0 aliphatic carbocycles. The second-order valence-corrected chi connectivity index (χ2v) is 4.24. The maximum atomic E-state index is 11.4. The summed E-state index contributed by atoms with van der Waals surface area (Å²) in [7, 11) is 0. The van der Waals surface area contributed by atoms with Gasteiger partial charge in [-0.2, -0.15) is 0 Å². The number of ether oxygens (including phenoxy) is 3. The van der Waals surface area contributed by atoms with Crippen LogP contribution in [0.1, 0.15) is 10.4 Å². The van der Waals surface area contributed by atoms with Crippen LogP contribution in [-0.2, 0) is 0 Å². The van der Waals surface area contributed by atoms with Crippen LogP contribution in [0.3, 0.4) is 0 Å². The second-order valence-electron chi connectivity index (χ2n) is 4.24. The highest BCUT2D eigenvalue weighted by atomic mass is 16.7. The van der Waals surface area contributed by atoms with E-state index in [1.165, 1.54) is 6.07 Å². The number of anilines is 1. The number of amides is 1. The highest BCUT2D eigenvalue weighted by Crippen LogP contribution is 2.37. The predicted molar refractivity (Wildman–Crippen MR) is 72.0 cm³/mol. The van der Waals surface area contributed by atoms with Crippen LogP contribution >= 0.6 is 0 Å². The summed E-state index contributed by atoms with van der Waals surface area (Å²) in [5, 5.41) is 0. The number of carbonyl (C=O) groups is 1. The Bertz CT molecular complexity index is 685. The molecule has 6 nitrogen and oxygen atoms in total. The van der Waals surface area contributed by atoms with Crippen molar-refractivity contribution < 1.29 is 19.0 Å². The van der Waals surface area contributed by atoms with E-state index in [2.05, 4.69) is 0 Å². The zero-order valence-corrected chi connectivity index (χ0v) is 10.5. The lowest BCUT2D eigenvalue weighted by Gasteiger charge is -2.10. The van der Waals surface area contributed by atoms with Gasteiger partial charge in [-0.3, -0.25) is 4.79 Å². The molecule has 2 aromatic carbocycles. The third kappa shape index (κ3) is 2.18. The van der Waals surface area contributed by atoms with Crippen molar-refractivity contribution in [2.45, 2.75) is 0 Å². The van der Waals surface area contributed by atoms with Gasteiger partial charge < -0.3 is 25.7 Å². The first-order valence-electron chi connectivity index (χ1n) is 5.90. The predicted octanol–water partition coefficient (Wildman–Crippen LogP) is 1.89. The molecule has 0 bridgehead atoms. The molecule has 0 radical (unpaired) electrons. The lowest BCUT2D eigenvalue weighted by atomic mass is 10.1. The number of carbonyl (C=O) groups excluding carboxylic acids is 1. The van der Waals surface area contributed by atoms with Crippen LogP contribution in [0.5, 0.6) is 23.0 Å². The molecule has 6 heteroatoms. The minimum atomic E-state index is -0.583. The Morgan fingerprint density at radius 1 is 1.10 bits per heavy atom. The normalized spacial score (nSPS) is 12.2. The van der Waals surface area contributed by atoms with Crippen molar-refractivity contribution in [2.24, 2.45) is 5.73 Å². The lowest BCUT2D eigenvalue weighted by molar-refractivity contribution is 0.0998. The average Bonchev–Trinajstić information content (AvgIpc) is 2.85. The Morgan fingerprint density at radius 3 is 2.70 bits per heavy atom. The molecule has 102 valence electrons. The van der Waals surface area contributed by atoms with Crippen molar-refractivity contribution in [1.29, 1.82) is 0 Å². The standard InChI is InChI=1S/C14H12N2O4/c15-8-1-3-10(14(16)17)12(5-8)20-9-2-4-11-13(6-9)19-7-18-11/h1-6H,7,15H2,(H2,16,17). The van der Waals surface area contributed by atoms with Gasteiger partial charge in [-0.05, 0) is 24.3 Å². The fraction of sp³-hybridized carbons (Fsp3) is 0.0714. The minimum Gasteiger partial charge on any atom is -0.456 e. The zero-order valence-electron chi connectivity index (χ0n) is 10.5. The van der Waals surface area contributed by atoms with Gasteiger partial charge >= 0.3 is 0 Å². The fourth-order valence-corrected chi connectivity index (χ4v) is 1.89. The van der Waals surface area contributed by atoms with E-state index in [1.54, 1.807) is 30.3 Å². The molecule has 0 aromatic heterocycles. The largest absolute Gasteiger partial charge is 0.456 e. The Morgan fingerprint density at radius 2 is 1.90 bits per heavy atom. The quantitative estimate of drug-likeness (QED) is 0.831. The molecule has 1 aliphatic heterocycles. The number of fused-ring (bicyclic) bond motifs is 1. The molecule has 20 heavy (non-hydrogen) atoms. The molecule has 2 aromatic rings. The number of hydrogen-bond acceptors (Lipinski definition) is 5. The third-order valence-electron chi connectivity index (χ3n) is 2.84. The topological polar surface area (TPSA) is 96.8 Å². The maximum Gasteiger partial charge on any atom is 0.252 e. The van der Waals surface area contributed by atoms with Crippen LogP contribution in [0.25, 0.3) is 0 Å². The first-order valence-corrected chi connectivity index (χ1v) is 5.90. The molecule has 4 N–H and O–H groups in total. The van der Waals surface area contributed by atoms with E-state index in [9.17, 15) is 4.79 Å². The highest BCUT2D eigenvalue weighted by Gasteiger charge is 2.16. The van der Waals surface area contributed by atoms with E-state index in [4.69, 9.17) is 25.7 Å². The van der Waals surface area contributed by atoms with Crippen LogP contribution in [0, 0.1) is 0 Å². The van der Waals surface area contributed by atoms with Crippen LogP contribution in [-0.4, -0.2) is 12.7 Å². The number of benzene rings is 2. The molecule has 1 amide bonds. The van der Waals surface area contributed by atoms with Gasteiger partial charge in [0.1, 0.15) is 11.5 Å². The lowest BCUT2D eigenvalue weighted by Crippen LogP contribution is -2.12. The Kier molecular flexibility index (Phi) is 2.83. The summed E-state index contributed by atoms with van der Waals surface area (Å²) in [4.78, 5) is 11.4. The van der Waals surface area contributed by atoms with E-state index in [0.717, 1.165) is 0 Å². The molecule has 1 heterocycles. The molecule has 1 aliphatic rings. The van der Waals surface area contributed by atoms with Crippen molar-refractivity contribution in [1.82, 2.24) is 0 Å². The monoisotopic (exact) mass is 272 g/mol. The summed E-state index contributed by atoms with van der Waals surface area (Å²) in [6.07, 6.45) is 0. The SMILES string of the molecule is NC(=O)c1ccc(N)cc1Oc1ccc2c(c1)OCO2. The highest BCUT2D eigenvalue weighted by molar-refractivity contribution is 5.96. The number of primary amides is 1. The summed E-state index contributed by atoms with van der Waals surface area (Å²) in [5.74, 6) is 1.46. The van der Waals surface area contributed by atoms with Gasteiger partial charge in [0.2, 0.25) is 6.79 Å². The smallest absolute Gasteiger partial charge is 0.252 e.